The molecule has 2 atom stereocenters. The van der Waals surface area contributed by atoms with E-state index in [4.69, 9.17) is 0 Å². The molecule has 0 rings (SSSR count). The van der Waals surface area contributed by atoms with Crippen molar-refractivity contribution in [1.82, 2.24) is 5.32 Å². The van der Waals surface area contributed by atoms with Crippen molar-refractivity contribution in [3.05, 3.63) is 72.9 Å². The highest BCUT2D eigenvalue weighted by atomic mass is 16.3. The van der Waals surface area contributed by atoms with E-state index in [2.05, 4.69) is 79.9 Å². The average molecular weight is 963 g/mol. The van der Waals surface area contributed by atoms with Gasteiger partial charge in [-0.25, -0.2) is 0 Å². The largest absolute Gasteiger partial charge is 0.394 e. The maximum Gasteiger partial charge on any atom is 0.220 e. The van der Waals surface area contributed by atoms with Gasteiger partial charge in [0.2, 0.25) is 5.91 Å². The fraction of sp³-hybridized carbons (Fsp3) is 0.800. The number of carbonyl (C=O) groups is 1. The average Bonchev–Trinajstić information content (AvgIpc) is 3.35. The van der Waals surface area contributed by atoms with Crippen LogP contribution in [0, 0.1) is 0 Å². The van der Waals surface area contributed by atoms with Gasteiger partial charge in [-0.15, -0.1) is 0 Å². The summed E-state index contributed by atoms with van der Waals surface area (Å²) >= 11 is 0. The third kappa shape index (κ3) is 56.6. The Morgan fingerprint density at radius 2 is 0.652 bits per heavy atom. The van der Waals surface area contributed by atoms with Gasteiger partial charge in [0.25, 0.3) is 0 Å². The van der Waals surface area contributed by atoms with Gasteiger partial charge >= 0.3 is 0 Å². The van der Waals surface area contributed by atoms with E-state index >= 15 is 0 Å². The summed E-state index contributed by atoms with van der Waals surface area (Å²) in [6, 6.07) is -0.644. The molecule has 0 aliphatic carbocycles. The quantitative estimate of drug-likeness (QED) is 0.0420. The third-order valence-electron chi connectivity index (χ3n) is 13.9. The Labute approximate surface area is 431 Å². The number of carbonyl (C=O) groups excluding carboxylic acids is 1. The van der Waals surface area contributed by atoms with Crippen molar-refractivity contribution in [2.24, 2.45) is 0 Å². The molecule has 0 spiro atoms. The van der Waals surface area contributed by atoms with E-state index in [9.17, 15) is 15.0 Å². The number of aliphatic hydroxyl groups excluding tert-OH is 2. The molecular formula is C65H119NO3. The second-order valence-electron chi connectivity index (χ2n) is 20.7. The molecule has 4 heteroatoms. The lowest BCUT2D eigenvalue weighted by Gasteiger charge is -2.19. The Bertz CT molecular complexity index is 1180. The van der Waals surface area contributed by atoms with Crippen molar-refractivity contribution in [2.75, 3.05) is 6.61 Å². The van der Waals surface area contributed by atoms with Gasteiger partial charge in [-0.3, -0.25) is 4.79 Å². The minimum atomic E-state index is -0.867. The predicted molar refractivity (Wildman–Crippen MR) is 308 cm³/mol. The Kier molecular flexibility index (Phi) is 58.2. The molecule has 0 heterocycles. The summed E-state index contributed by atoms with van der Waals surface area (Å²) in [5, 5.41) is 23.2. The van der Waals surface area contributed by atoms with Crippen molar-refractivity contribution in [2.45, 2.75) is 328 Å². The molecule has 0 aliphatic heterocycles. The number of nitrogens with one attached hydrogen (secondary N) is 1. The first kappa shape index (κ1) is 66.8. The van der Waals surface area contributed by atoms with Crippen molar-refractivity contribution in [3.8, 4) is 0 Å². The van der Waals surface area contributed by atoms with Gasteiger partial charge in [-0.2, -0.15) is 0 Å². The summed E-state index contributed by atoms with van der Waals surface area (Å²) in [6.45, 7) is 4.21. The number of allylic oxidation sites excluding steroid dienone is 11. The first-order valence-corrected chi connectivity index (χ1v) is 30.7. The van der Waals surface area contributed by atoms with Crippen molar-refractivity contribution < 1.29 is 15.0 Å². The number of hydrogen-bond donors (Lipinski definition) is 3. The van der Waals surface area contributed by atoms with Crippen molar-refractivity contribution in [1.29, 1.82) is 0 Å². The van der Waals surface area contributed by atoms with Crippen LogP contribution in [0.2, 0.25) is 0 Å². The number of rotatable bonds is 56. The van der Waals surface area contributed by atoms with Crippen LogP contribution in [0.1, 0.15) is 316 Å². The zero-order valence-corrected chi connectivity index (χ0v) is 46.3. The molecule has 2 unspecified atom stereocenters. The highest BCUT2D eigenvalue weighted by Crippen LogP contribution is 2.17. The van der Waals surface area contributed by atoms with E-state index < -0.39 is 12.1 Å². The van der Waals surface area contributed by atoms with Gasteiger partial charge in [0, 0.05) is 6.42 Å². The Morgan fingerprint density at radius 1 is 0.362 bits per heavy atom. The van der Waals surface area contributed by atoms with Gasteiger partial charge in [0.1, 0.15) is 0 Å². The van der Waals surface area contributed by atoms with E-state index in [0.717, 1.165) is 57.8 Å². The predicted octanol–water partition coefficient (Wildman–Crippen LogP) is 20.5. The summed E-state index contributed by atoms with van der Waals surface area (Å²) < 4.78 is 0. The molecular weight excluding hydrogens is 843 g/mol. The van der Waals surface area contributed by atoms with Gasteiger partial charge in [-0.05, 0) is 70.6 Å². The molecule has 0 saturated heterocycles. The van der Waals surface area contributed by atoms with Crippen LogP contribution >= 0.6 is 0 Å². The monoisotopic (exact) mass is 962 g/mol. The number of unbranched alkanes of at least 4 members (excludes halogenated alkanes) is 39. The molecule has 0 fully saturated rings. The fourth-order valence-electron chi connectivity index (χ4n) is 9.31. The smallest absolute Gasteiger partial charge is 0.220 e. The van der Waals surface area contributed by atoms with Crippen LogP contribution in [0.5, 0.6) is 0 Å². The fourth-order valence-corrected chi connectivity index (χ4v) is 9.31. The van der Waals surface area contributed by atoms with Crippen LogP contribution in [0.4, 0.5) is 0 Å². The first-order valence-electron chi connectivity index (χ1n) is 30.7. The van der Waals surface area contributed by atoms with Crippen LogP contribution in [0.3, 0.4) is 0 Å². The third-order valence-corrected chi connectivity index (χ3v) is 13.9. The minimum absolute atomic E-state index is 0.0731. The molecule has 0 aromatic heterocycles. The Morgan fingerprint density at radius 3 is 1.01 bits per heavy atom. The van der Waals surface area contributed by atoms with Crippen LogP contribution in [-0.4, -0.2) is 34.9 Å². The SMILES string of the molecule is CC/C=C\C/C=C\C/C=C\C/C=C\CCCCCCCCCCCCCCCCC(=O)NC(CO)C(O)/C=C/CC/C=C/CCCCCCCCCCCCCCCCCCCCCCCCCC. The van der Waals surface area contributed by atoms with Gasteiger partial charge in [0.15, 0.2) is 0 Å². The lowest BCUT2D eigenvalue weighted by molar-refractivity contribution is -0.123. The first-order chi connectivity index (χ1) is 34.2. The van der Waals surface area contributed by atoms with Crippen LogP contribution in [0.25, 0.3) is 0 Å². The van der Waals surface area contributed by atoms with Crippen LogP contribution in [-0.2, 0) is 4.79 Å². The summed E-state index contributed by atoms with van der Waals surface area (Å²) in [5.74, 6) is -0.0731. The molecule has 0 aliphatic rings. The lowest BCUT2D eigenvalue weighted by atomic mass is 10.0. The molecule has 4 nitrogen and oxygen atoms in total. The molecule has 3 N–H and O–H groups in total. The van der Waals surface area contributed by atoms with Crippen LogP contribution in [0.15, 0.2) is 72.9 Å². The van der Waals surface area contributed by atoms with Gasteiger partial charge in [0.05, 0.1) is 18.8 Å². The molecule has 69 heavy (non-hydrogen) atoms. The lowest BCUT2D eigenvalue weighted by Crippen LogP contribution is -2.45. The highest BCUT2D eigenvalue weighted by Gasteiger charge is 2.18. The number of amides is 1. The van der Waals surface area contributed by atoms with Gasteiger partial charge < -0.3 is 15.5 Å². The summed E-state index contributed by atoms with van der Waals surface area (Å²) in [4.78, 5) is 12.5. The van der Waals surface area contributed by atoms with Crippen molar-refractivity contribution >= 4 is 5.91 Å². The molecule has 0 radical (unpaired) electrons. The summed E-state index contributed by atoms with van der Waals surface area (Å²) in [5.41, 5.74) is 0. The van der Waals surface area contributed by atoms with E-state index in [-0.39, 0.29) is 12.5 Å². The topological polar surface area (TPSA) is 69.6 Å². The number of aliphatic hydroxyl groups is 2. The Hall–Kier alpha value is -2.17. The Balaban J connectivity index is 3.51. The van der Waals surface area contributed by atoms with Crippen LogP contribution < -0.4 is 5.32 Å². The molecule has 0 aromatic carbocycles. The van der Waals surface area contributed by atoms with E-state index in [0.29, 0.717) is 6.42 Å². The van der Waals surface area contributed by atoms with E-state index in [1.54, 1.807) is 6.08 Å². The minimum Gasteiger partial charge on any atom is -0.394 e. The summed E-state index contributed by atoms with van der Waals surface area (Å²) in [7, 11) is 0. The molecule has 1 amide bonds. The van der Waals surface area contributed by atoms with E-state index in [1.165, 1.54) is 238 Å². The maximum absolute atomic E-state index is 12.5. The second kappa shape index (κ2) is 60.1. The zero-order valence-electron chi connectivity index (χ0n) is 46.3. The zero-order chi connectivity index (χ0) is 49.9. The molecule has 0 bridgehead atoms. The van der Waals surface area contributed by atoms with Gasteiger partial charge in [-0.1, -0.05) is 311 Å². The maximum atomic E-state index is 12.5. The highest BCUT2D eigenvalue weighted by molar-refractivity contribution is 5.76. The summed E-state index contributed by atoms with van der Waals surface area (Å²) in [6.07, 6.45) is 86.6. The molecule has 0 aromatic rings. The molecule has 0 saturated carbocycles. The normalized spacial score (nSPS) is 13.3. The van der Waals surface area contributed by atoms with E-state index in [1.807, 2.05) is 6.08 Å². The second-order valence-corrected chi connectivity index (χ2v) is 20.7. The number of hydrogen-bond acceptors (Lipinski definition) is 3. The van der Waals surface area contributed by atoms with Crippen molar-refractivity contribution in [3.63, 3.8) is 0 Å². The standard InChI is InChI=1S/C65H119NO3/c1-3-5-7-9-11-13-15-17-19-21-23-25-27-29-31-32-33-35-36-38-40-42-44-46-48-50-52-54-56-58-60-64(68)63(62-67)66-65(69)61-59-57-55-53-51-49-47-45-43-41-39-37-34-30-28-26-24-22-20-18-16-14-12-10-8-6-4-2/h6,8,12,14,18,20,24,26,50,52,58,60,63-64,67-68H,3-5,7,9-11,13,15-17,19,21-23,25,27-49,51,53-57,59,61-62H2,1-2H3,(H,66,69)/b8-6-,14-12-,20-18-,26-24-,52-50+,60-58+. The molecule has 402 valence electrons.